The molecular weight excluding hydrogens is 1670 g/mol. The number of aliphatic hydroxyl groups is 2. The Morgan fingerprint density at radius 1 is 0.546 bits per heavy atom. The molecule has 0 spiro atoms. The second-order valence-electron chi connectivity index (χ2n) is 40.2. The Hall–Kier alpha value is -9.14. The molecule has 130 heavy (non-hydrogen) atoms. The lowest BCUT2D eigenvalue weighted by molar-refractivity contribution is -0.181. The van der Waals surface area contributed by atoms with Gasteiger partial charge in [-0.3, -0.25) is 71.9 Å². The van der Waals surface area contributed by atoms with Crippen LogP contribution in [-0.2, 0) is 90.9 Å². The molecule has 1 heterocycles. The Kier molecular flexibility index (Phi) is 42.9. The lowest BCUT2D eigenvalue weighted by atomic mass is 9.46. The molecule has 5 aliphatic rings. The van der Waals surface area contributed by atoms with Gasteiger partial charge in [0.25, 0.3) is 0 Å². The van der Waals surface area contributed by atoms with E-state index in [1.54, 1.807) is 72.8 Å². The number of likely N-dealkylation sites (N-methyl/N-ethyl adjacent to an activating group) is 7. The van der Waals surface area contributed by atoms with Crippen molar-refractivity contribution in [2.24, 2.45) is 70.0 Å². The number of unbranched alkanes of at least 4 members (excludes halogenated alkanes) is 6. The van der Waals surface area contributed by atoms with Crippen LogP contribution >= 0.6 is 0 Å². The highest BCUT2D eigenvalue weighted by Gasteiger charge is 2.68. The summed E-state index contributed by atoms with van der Waals surface area (Å²) in [7, 11) is 9.75. The summed E-state index contributed by atoms with van der Waals surface area (Å²) in [5.74, 6) is -13.3. The minimum absolute atomic E-state index is 0.00524. The van der Waals surface area contributed by atoms with E-state index in [0.717, 1.165) is 34.6 Å². The van der Waals surface area contributed by atoms with Gasteiger partial charge in [-0.1, -0.05) is 167 Å². The lowest BCUT2D eigenvalue weighted by Gasteiger charge is -2.59. The van der Waals surface area contributed by atoms with Gasteiger partial charge in [-0.15, -0.1) is 0 Å². The van der Waals surface area contributed by atoms with Crippen LogP contribution in [0.1, 0.15) is 260 Å². The third kappa shape index (κ3) is 28.7. The monoisotopic (exact) mass is 1830 g/mol. The van der Waals surface area contributed by atoms with E-state index >= 15 is 19.2 Å². The summed E-state index contributed by atoms with van der Waals surface area (Å²) in [5.41, 5.74) is -2.34. The molecule has 1 saturated heterocycles. The van der Waals surface area contributed by atoms with E-state index in [1.807, 2.05) is 75.3 Å². The van der Waals surface area contributed by atoms with Gasteiger partial charge in [0.1, 0.15) is 72.1 Å². The van der Waals surface area contributed by atoms with Gasteiger partial charge in [-0.2, -0.15) is 0 Å². The van der Waals surface area contributed by atoms with Crippen molar-refractivity contribution in [2.75, 3.05) is 75.7 Å². The van der Waals surface area contributed by atoms with Crippen LogP contribution in [0.3, 0.4) is 0 Å². The molecule has 6 N–H and O–H groups in total. The van der Waals surface area contributed by atoms with Gasteiger partial charge in [-0.05, 0) is 170 Å². The molecule has 4 fully saturated rings. The van der Waals surface area contributed by atoms with E-state index < -0.39 is 209 Å². The van der Waals surface area contributed by atoms with Gasteiger partial charge in [0.05, 0.1) is 38.7 Å². The molecule has 3 saturated carbocycles. The topological polar surface area (TPSA) is 421 Å². The molecule has 5 rings (SSSR count). The van der Waals surface area contributed by atoms with Crippen molar-refractivity contribution in [3.63, 3.8) is 0 Å². The Morgan fingerprint density at radius 2 is 1.04 bits per heavy atom. The normalized spacial score (nSPS) is 29.2. The highest BCUT2D eigenvalue weighted by Crippen LogP contribution is 2.67. The summed E-state index contributed by atoms with van der Waals surface area (Å²) in [6.07, 6.45) is 11.8. The average Bonchev–Trinajstić information content (AvgIpc) is 1.49. The van der Waals surface area contributed by atoms with E-state index in [9.17, 15) is 67.7 Å². The van der Waals surface area contributed by atoms with E-state index in [0.29, 0.717) is 44.9 Å². The average molecular weight is 1830 g/mol. The molecular formula is C97H159N11O22. The fourth-order valence-corrected chi connectivity index (χ4v) is 19.8. The number of ketones is 2. The number of ether oxygens (including phenoxy) is 4. The van der Waals surface area contributed by atoms with Crippen molar-refractivity contribution in [3.8, 4) is 0 Å². The second-order valence-corrected chi connectivity index (χ2v) is 40.2. The number of fused-ring (bicyclic) bond motifs is 5. The standard InChI is InChI=1S/C97H159N11O22/c1-27-29-37-62(15)83(130-94(125)128-47-36-34-32-30-31-33-35-46-127-77(113)40-41-78(114)129-55-75(111)97(126)45-43-68-67-39-38-65-52-66(109)42-44-95(65,18)79(67)74(110)53-96(68,97)19)82-87(118)100-69(28-2)89(120)102(20)54-76(112)103(21)70(48-56(3)4)86(117)101-80(60(11)12)92(123)104(22)71(49-57(5)6)85(116)98-63(16)84(115)99-64(17)88(119)105(23)72(50-58(7)8)90(121)106(24)73(51-59(9)10)91(122)107(25)81(61(13)14)93(124)108(82)26/h27,29,42,44,52,56-64,67-74,79-83,110,126H,28,30-41,43,45-51,53-55H2,1-26H3,(H,98,116)(H,99,115)(H,100,118)(H,101,117)/b29-27+/t62-,63?,64?,67?,68?,69?,70+,71?,72?,73?,74+,79?,80?,81?,82?,83?,95+,96+,97+/m1/s1. The van der Waals surface area contributed by atoms with Gasteiger partial charge in [0.15, 0.2) is 12.4 Å². The van der Waals surface area contributed by atoms with E-state index in [4.69, 9.17) is 18.9 Å². The second kappa shape index (κ2) is 50.1. The molecule has 11 amide bonds. The van der Waals surface area contributed by atoms with Crippen molar-refractivity contribution in [1.82, 2.24) is 55.6 Å². The third-order valence-corrected chi connectivity index (χ3v) is 27.6. The first-order valence-electron chi connectivity index (χ1n) is 47.4. The van der Waals surface area contributed by atoms with Crippen molar-refractivity contribution in [2.45, 2.75) is 338 Å². The summed E-state index contributed by atoms with van der Waals surface area (Å²) < 4.78 is 22.7. The number of aliphatic hydroxyl groups excluding tert-OH is 1. The molecule has 0 aromatic heterocycles. The summed E-state index contributed by atoms with van der Waals surface area (Å²) in [5, 5.41) is 34.9. The Morgan fingerprint density at radius 3 is 1.58 bits per heavy atom. The maximum Gasteiger partial charge on any atom is 0.508 e. The first-order chi connectivity index (χ1) is 60.7. The van der Waals surface area contributed by atoms with Crippen LogP contribution in [0.5, 0.6) is 0 Å². The molecule has 0 aromatic carbocycles. The SMILES string of the molecule is C/C=C/C[C@@H](C)C(OC(=O)OCCCCCCCCCOC(=O)CCC(=O)OCC(=O)[C@@]1(O)CCC2C3CCC4=CC(=O)C=C[C@]4(C)C3[C@@H](O)C[C@@]21C)C1C(=O)NC(CC)C(=O)N(C)CC(=O)N(C)[C@@H](CC(C)C)C(=O)NC(C(C)C)C(=O)N(C)C(CC(C)C)C(=O)NC(C)C(=O)NC(C)C(=O)N(C)C(CC(C)C)C(=O)N(C)C(CC(C)C)C(=O)N(C)C(C(C)C)C(=O)N1C. The first-order valence-corrected chi connectivity index (χ1v) is 47.4. The van der Waals surface area contributed by atoms with Crippen LogP contribution in [-0.4, -0.2) is 293 Å². The largest absolute Gasteiger partial charge is 0.508 e. The Bertz CT molecular complexity index is 4050. The number of carbonyl (C=O) groups excluding carboxylic acids is 16. The molecule has 33 nitrogen and oxygen atoms in total. The fraction of sp³-hybridized carbons (Fsp3) is 0.773. The number of hydrogen-bond donors (Lipinski definition) is 6. The highest BCUT2D eigenvalue weighted by atomic mass is 16.7. The fourth-order valence-electron chi connectivity index (χ4n) is 19.8. The zero-order valence-corrected chi connectivity index (χ0v) is 82.7. The molecule has 4 aliphatic carbocycles. The number of nitrogens with one attached hydrogen (secondary N) is 4. The van der Waals surface area contributed by atoms with Gasteiger partial charge in [0.2, 0.25) is 70.8 Å². The predicted molar refractivity (Wildman–Crippen MR) is 490 cm³/mol. The zero-order valence-electron chi connectivity index (χ0n) is 82.7. The van der Waals surface area contributed by atoms with Crippen LogP contribution in [0.15, 0.2) is 36.0 Å². The number of Topliss-reactive ketones (excluding diaryl/α,β-unsaturated/α-hetero) is 1. The predicted octanol–water partition coefficient (Wildman–Crippen LogP) is 8.61. The Balaban J connectivity index is 1.35. The van der Waals surface area contributed by atoms with Crippen molar-refractivity contribution in [3.05, 3.63) is 36.0 Å². The van der Waals surface area contributed by atoms with Crippen LogP contribution in [0.25, 0.3) is 0 Å². The van der Waals surface area contributed by atoms with E-state index in [2.05, 4.69) is 21.3 Å². The minimum Gasteiger partial charge on any atom is -0.466 e. The molecule has 13 unspecified atom stereocenters. The molecule has 0 radical (unpaired) electrons. The third-order valence-electron chi connectivity index (χ3n) is 27.6. The van der Waals surface area contributed by atoms with Crippen LogP contribution in [0.4, 0.5) is 4.79 Å². The molecule has 0 bridgehead atoms. The molecule has 0 aromatic rings. The van der Waals surface area contributed by atoms with E-state index in [1.165, 1.54) is 87.7 Å². The number of amides is 11. The Labute approximate surface area is 772 Å². The number of carbonyl (C=O) groups is 16. The molecule has 19 atom stereocenters. The number of rotatable bonds is 32. The van der Waals surface area contributed by atoms with Crippen molar-refractivity contribution in [1.29, 1.82) is 0 Å². The summed E-state index contributed by atoms with van der Waals surface area (Å²) >= 11 is 0. The van der Waals surface area contributed by atoms with Crippen molar-refractivity contribution < 1.29 is 106 Å². The highest BCUT2D eigenvalue weighted by molar-refractivity contribution is 6.02. The summed E-state index contributed by atoms with van der Waals surface area (Å²) in [4.78, 5) is 239. The smallest absolute Gasteiger partial charge is 0.466 e. The number of nitrogens with zero attached hydrogens (tertiary/aromatic N) is 7. The summed E-state index contributed by atoms with van der Waals surface area (Å²) in [6.45, 7) is 32.1. The van der Waals surface area contributed by atoms with E-state index in [-0.39, 0.29) is 125 Å². The minimum atomic E-state index is -1.84. The molecule has 1 aliphatic heterocycles. The first kappa shape index (κ1) is 111. The van der Waals surface area contributed by atoms with Crippen LogP contribution in [0, 0.1) is 70.0 Å². The summed E-state index contributed by atoms with van der Waals surface area (Å²) in [6, 6.07) is -13.2. The van der Waals surface area contributed by atoms with Gasteiger partial charge < -0.3 is 84.7 Å². The maximum atomic E-state index is 15.9. The van der Waals surface area contributed by atoms with Crippen LogP contribution < -0.4 is 21.3 Å². The van der Waals surface area contributed by atoms with Gasteiger partial charge >= 0.3 is 18.1 Å². The van der Waals surface area contributed by atoms with Crippen LogP contribution in [0.2, 0.25) is 0 Å². The zero-order chi connectivity index (χ0) is 98.2. The number of hydrogen-bond acceptors (Lipinski definition) is 22. The van der Waals surface area contributed by atoms with Crippen molar-refractivity contribution >= 4 is 94.6 Å². The lowest BCUT2D eigenvalue weighted by Crippen LogP contribution is -2.64. The number of esters is 2. The molecule has 734 valence electrons. The number of allylic oxidation sites excluding steroid dienone is 6. The maximum absolute atomic E-state index is 15.9. The van der Waals surface area contributed by atoms with Gasteiger partial charge in [-0.25, -0.2) is 4.79 Å². The molecule has 33 heteroatoms. The quantitative estimate of drug-likeness (QED) is 0.0159. The van der Waals surface area contributed by atoms with Gasteiger partial charge in [0, 0.05) is 66.1 Å².